The minimum atomic E-state index is -3.01. The molecule has 34 heavy (non-hydrogen) atoms. The van der Waals surface area contributed by atoms with Crippen molar-refractivity contribution < 1.29 is 31.9 Å². The van der Waals surface area contributed by atoms with E-state index in [2.05, 4.69) is 33.8 Å². The first-order valence-corrected chi connectivity index (χ1v) is 10.5. The Morgan fingerprint density at radius 1 is 1.35 bits per heavy atom. The Hall–Kier alpha value is -3.74. The fourth-order valence-electron chi connectivity index (χ4n) is 3.68. The Labute approximate surface area is 194 Å². The Morgan fingerprint density at radius 2 is 2.12 bits per heavy atom. The van der Waals surface area contributed by atoms with Crippen LogP contribution in [-0.4, -0.2) is 42.1 Å². The molecule has 0 bridgehead atoms. The third-order valence-corrected chi connectivity index (χ3v) is 5.29. The number of benzene rings is 1. The molecule has 10 heteroatoms. The van der Waals surface area contributed by atoms with Crippen LogP contribution >= 0.6 is 0 Å². The van der Waals surface area contributed by atoms with E-state index in [1.165, 1.54) is 29.2 Å². The van der Waals surface area contributed by atoms with Gasteiger partial charge in [0.15, 0.2) is 5.54 Å². The zero-order valence-electron chi connectivity index (χ0n) is 18.4. The number of alkyl halides is 3. The average molecular weight is 477 g/mol. The molecule has 0 radical (unpaired) electrons. The molecule has 2 aliphatic heterocycles. The highest BCUT2D eigenvalue weighted by Gasteiger charge is 2.43. The molecule has 3 rings (SSSR count). The zero-order chi connectivity index (χ0) is 24.9. The summed E-state index contributed by atoms with van der Waals surface area (Å²) in [6.45, 7) is 1.71. The molecule has 1 atom stereocenters. The molecule has 0 aliphatic carbocycles. The zero-order valence-corrected chi connectivity index (χ0v) is 18.4. The van der Waals surface area contributed by atoms with Crippen LogP contribution in [0.1, 0.15) is 35.7 Å². The maximum atomic E-state index is 14.2. The molecule has 6 nitrogen and oxygen atoms in total. The van der Waals surface area contributed by atoms with E-state index in [-0.39, 0.29) is 42.2 Å². The highest BCUT2D eigenvalue weighted by Crippen LogP contribution is 2.29. The number of hydrogen-bond donors (Lipinski definition) is 2. The Bertz CT molecular complexity index is 1120. The lowest BCUT2D eigenvalue weighted by Crippen LogP contribution is -2.47. The van der Waals surface area contributed by atoms with Crippen molar-refractivity contribution >= 4 is 11.8 Å². The van der Waals surface area contributed by atoms with Crippen LogP contribution in [0.3, 0.4) is 0 Å². The van der Waals surface area contributed by atoms with Gasteiger partial charge in [-0.15, -0.1) is 0 Å². The summed E-state index contributed by atoms with van der Waals surface area (Å²) < 4.78 is 56.1. The molecular formula is C24H23F4N3O3. The van der Waals surface area contributed by atoms with Gasteiger partial charge in [0.1, 0.15) is 18.3 Å². The maximum Gasteiger partial charge on any atom is 0.387 e. The fraction of sp³-hybridized carbons (Fsp3) is 0.333. The number of carbonyl (C=O) groups is 2. The predicted molar refractivity (Wildman–Crippen MR) is 117 cm³/mol. The molecule has 180 valence electrons. The summed E-state index contributed by atoms with van der Waals surface area (Å²) in [4.78, 5) is 27.0. The summed E-state index contributed by atoms with van der Waals surface area (Å²) in [6.07, 6.45) is 2.69. The second-order valence-electron chi connectivity index (χ2n) is 7.62. The molecule has 1 unspecified atom stereocenters. The smallest absolute Gasteiger partial charge is 0.387 e. The van der Waals surface area contributed by atoms with E-state index in [9.17, 15) is 27.2 Å². The summed E-state index contributed by atoms with van der Waals surface area (Å²) in [7, 11) is 0. The van der Waals surface area contributed by atoms with Gasteiger partial charge in [0, 0.05) is 25.1 Å². The molecule has 1 aromatic rings. The SMILES string of the molecule is C=C1NC(=O)C(C#CC(=C/CC)/C(F)=C\CF)(CCN2Cc3ccc(OC(F)F)cc3C2=O)N1. The number of hydrogen-bond acceptors (Lipinski definition) is 4. The first kappa shape index (κ1) is 24.9. The van der Waals surface area contributed by atoms with Crippen LogP contribution in [-0.2, 0) is 11.3 Å². The lowest BCUT2D eigenvalue weighted by molar-refractivity contribution is -0.122. The standard InChI is InChI=1S/C24H23F4N3O3/c1-3-4-16(20(26)8-11-25)7-9-24(22(33)29-15(2)30-24)10-12-31-14-17-5-6-18(34-23(27)28)13-19(17)21(31)32/h4-6,8,13,23,30H,2-3,10-12,14H2,1H3,(H,29,33)/b16-4-,20-8+. The van der Waals surface area contributed by atoms with Gasteiger partial charge >= 0.3 is 6.61 Å². The molecule has 1 fully saturated rings. The van der Waals surface area contributed by atoms with Crippen molar-refractivity contribution in [3.05, 3.63) is 65.3 Å². The van der Waals surface area contributed by atoms with E-state index in [1.807, 2.05) is 0 Å². The van der Waals surface area contributed by atoms with Crippen LogP contribution < -0.4 is 15.4 Å². The van der Waals surface area contributed by atoms with Crippen LogP contribution in [0.4, 0.5) is 17.6 Å². The van der Waals surface area contributed by atoms with Crippen molar-refractivity contribution in [2.75, 3.05) is 13.2 Å². The summed E-state index contributed by atoms with van der Waals surface area (Å²) in [5, 5.41) is 5.38. The molecule has 0 aromatic heterocycles. The molecule has 2 N–H and O–H groups in total. The number of fused-ring (bicyclic) bond motifs is 1. The summed E-state index contributed by atoms with van der Waals surface area (Å²) in [5.41, 5.74) is -0.689. The molecule has 2 aliphatic rings. The number of nitrogens with zero attached hydrogens (tertiary/aromatic N) is 1. The van der Waals surface area contributed by atoms with Gasteiger partial charge in [-0.1, -0.05) is 37.5 Å². The van der Waals surface area contributed by atoms with E-state index in [0.717, 1.165) is 6.08 Å². The summed E-state index contributed by atoms with van der Waals surface area (Å²) in [6, 6.07) is 4.14. The number of allylic oxidation sites excluding steroid dienone is 4. The minimum Gasteiger partial charge on any atom is -0.435 e. The van der Waals surface area contributed by atoms with E-state index in [1.54, 1.807) is 6.92 Å². The van der Waals surface area contributed by atoms with E-state index < -0.39 is 36.5 Å². The van der Waals surface area contributed by atoms with Crippen LogP contribution in [0.25, 0.3) is 0 Å². The molecular weight excluding hydrogens is 454 g/mol. The largest absolute Gasteiger partial charge is 0.435 e. The van der Waals surface area contributed by atoms with Crippen molar-refractivity contribution in [3.8, 4) is 17.6 Å². The molecule has 2 heterocycles. The van der Waals surface area contributed by atoms with Crippen LogP contribution in [0.5, 0.6) is 5.75 Å². The van der Waals surface area contributed by atoms with Gasteiger partial charge in [-0.2, -0.15) is 8.78 Å². The van der Waals surface area contributed by atoms with E-state index in [0.29, 0.717) is 12.0 Å². The van der Waals surface area contributed by atoms with Crippen molar-refractivity contribution in [3.63, 3.8) is 0 Å². The van der Waals surface area contributed by atoms with Crippen molar-refractivity contribution in [2.45, 2.75) is 38.5 Å². The molecule has 0 spiro atoms. The Morgan fingerprint density at radius 3 is 2.74 bits per heavy atom. The lowest BCUT2D eigenvalue weighted by atomic mass is 9.95. The third kappa shape index (κ3) is 5.42. The van der Waals surface area contributed by atoms with Crippen LogP contribution in [0.2, 0.25) is 0 Å². The average Bonchev–Trinajstić information content (AvgIpc) is 3.24. The highest BCUT2D eigenvalue weighted by atomic mass is 19.3. The van der Waals surface area contributed by atoms with Gasteiger partial charge in [-0.3, -0.25) is 9.59 Å². The highest BCUT2D eigenvalue weighted by molar-refractivity contribution is 5.99. The molecule has 2 amide bonds. The summed E-state index contributed by atoms with van der Waals surface area (Å²) in [5.74, 6) is 3.67. The van der Waals surface area contributed by atoms with Crippen molar-refractivity contribution in [1.29, 1.82) is 0 Å². The quantitative estimate of drug-likeness (QED) is 0.340. The summed E-state index contributed by atoms with van der Waals surface area (Å²) >= 11 is 0. The van der Waals surface area contributed by atoms with Crippen molar-refractivity contribution in [2.24, 2.45) is 0 Å². The van der Waals surface area contributed by atoms with E-state index in [4.69, 9.17) is 0 Å². The normalized spacial score (nSPS) is 20.2. The van der Waals surface area contributed by atoms with Gasteiger partial charge in [-0.05, 0) is 30.2 Å². The maximum absolute atomic E-state index is 14.2. The van der Waals surface area contributed by atoms with E-state index >= 15 is 0 Å². The van der Waals surface area contributed by atoms with Gasteiger partial charge in [0.05, 0.1) is 11.4 Å². The van der Waals surface area contributed by atoms with Crippen molar-refractivity contribution in [1.82, 2.24) is 15.5 Å². The number of nitrogens with one attached hydrogen (secondary N) is 2. The lowest BCUT2D eigenvalue weighted by Gasteiger charge is -2.24. The number of rotatable bonds is 8. The molecule has 1 saturated heterocycles. The fourth-order valence-corrected chi connectivity index (χ4v) is 3.68. The second-order valence-corrected chi connectivity index (χ2v) is 7.62. The third-order valence-electron chi connectivity index (χ3n) is 5.29. The van der Waals surface area contributed by atoms with Gasteiger partial charge in [0.25, 0.3) is 11.8 Å². The first-order chi connectivity index (χ1) is 16.2. The molecule has 1 aromatic carbocycles. The second kappa shape index (κ2) is 10.5. The Balaban J connectivity index is 1.81. The minimum absolute atomic E-state index is 0.0266. The topological polar surface area (TPSA) is 70.7 Å². The number of carbonyl (C=O) groups excluding carboxylic acids is 2. The molecule has 0 saturated carbocycles. The monoisotopic (exact) mass is 477 g/mol. The first-order valence-electron chi connectivity index (χ1n) is 10.5. The number of amides is 2. The Kier molecular flexibility index (Phi) is 7.66. The number of halogens is 4. The van der Waals surface area contributed by atoms with Crippen LogP contribution in [0, 0.1) is 11.8 Å². The van der Waals surface area contributed by atoms with Gasteiger partial charge in [0.2, 0.25) is 0 Å². The van der Waals surface area contributed by atoms with Crippen LogP contribution in [0.15, 0.2) is 54.2 Å². The predicted octanol–water partition coefficient (Wildman–Crippen LogP) is 3.73. The van der Waals surface area contributed by atoms with Gasteiger partial charge < -0.3 is 20.3 Å². The number of ether oxygens (including phenoxy) is 1. The van der Waals surface area contributed by atoms with Gasteiger partial charge in [-0.25, -0.2) is 8.78 Å².